The number of H-pyrrole nitrogens is 1. The summed E-state index contributed by atoms with van der Waals surface area (Å²) >= 11 is 3.48. The van der Waals surface area contributed by atoms with E-state index in [1.807, 2.05) is 24.4 Å². The van der Waals surface area contributed by atoms with Gasteiger partial charge in [0.2, 0.25) is 0 Å². The van der Waals surface area contributed by atoms with Crippen molar-refractivity contribution < 1.29 is 0 Å². The molecular formula is C13H10BrN3. The Bertz CT molecular complexity index is 688. The van der Waals surface area contributed by atoms with Crippen LogP contribution in [0.3, 0.4) is 0 Å². The van der Waals surface area contributed by atoms with Crippen LogP contribution in [0.4, 0.5) is 5.69 Å². The summed E-state index contributed by atoms with van der Waals surface area (Å²) in [4.78, 5) is 7.58. The van der Waals surface area contributed by atoms with Crippen LogP contribution in [0.5, 0.6) is 0 Å². The average molecular weight is 288 g/mol. The van der Waals surface area contributed by atoms with E-state index >= 15 is 0 Å². The highest BCUT2D eigenvalue weighted by molar-refractivity contribution is 9.10. The molecule has 0 radical (unpaired) electrons. The standard InChI is InChI=1S/C13H10BrN3/c14-8-1-2-12-10(5-8)11(7-17-12)13-6-9(15)3-4-16-13/h1-7,17H,(H2,15,16). The van der Waals surface area contributed by atoms with Crippen molar-refractivity contribution in [2.24, 2.45) is 0 Å². The zero-order valence-electron chi connectivity index (χ0n) is 8.94. The molecule has 0 atom stereocenters. The van der Waals surface area contributed by atoms with E-state index in [-0.39, 0.29) is 0 Å². The quantitative estimate of drug-likeness (QED) is 0.719. The van der Waals surface area contributed by atoms with Crippen molar-refractivity contribution >= 4 is 32.5 Å². The summed E-state index contributed by atoms with van der Waals surface area (Å²) in [5.74, 6) is 0. The van der Waals surface area contributed by atoms with Gasteiger partial charge in [-0.25, -0.2) is 0 Å². The summed E-state index contributed by atoms with van der Waals surface area (Å²) in [5, 5.41) is 1.14. The third-order valence-electron chi connectivity index (χ3n) is 2.70. The smallest absolute Gasteiger partial charge is 0.0743 e. The molecule has 0 aliphatic rings. The Balaban J connectivity index is 2.27. The summed E-state index contributed by atoms with van der Waals surface area (Å²) in [6, 6.07) is 9.79. The van der Waals surface area contributed by atoms with E-state index in [2.05, 4.69) is 32.0 Å². The molecule has 3 N–H and O–H groups in total. The number of aromatic nitrogens is 2. The summed E-state index contributed by atoms with van der Waals surface area (Å²) in [6.07, 6.45) is 3.68. The second kappa shape index (κ2) is 3.89. The summed E-state index contributed by atoms with van der Waals surface area (Å²) < 4.78 is 1.05. The molecule has 0 unspecified atom stereocenters. The van der Waals surface area contributed by atoms with Gasteiger partial charge in [0.05, 0.1) is 5.69 Å². The zero-order chi connectivity index (χ0) is 11.8. The Hall–Kier alpha value is -1.81. The van der Waals surface area contributed by atoms with E-state index in [9.17, 15) is 0 Å². The van der Waals surface area contributed by atoms with E-state index in [4.69, 9.17) is 5.73 Å². The molecular weight excluding hydrogens is 278 g/mol. The number of hydrogen-bond acceptors (Lipinski definition) is 2. The first-order valence-corrected chi connectivity index (χ1v) is 6.02. The number of hydrogen-bond donors (Lipinski definition) is 2. The van der Waals surface area contributed by atoms with Crippen LogP contribution < -0.4 is 5.73 Å². The first kappa shape index (κ1) is 10.4. The monoisotopic (exact) mass is 287 g/mol. The van der Waals surface area contributed by atoms with Gasteiger partial charge in [-0.2, -0.15) is 0 Å². The topological polar surface area (TPSA) is 54.7 Å². The van der Waals surface area contributed by atoms with Crippen LogP contribution in [0, 0.1) is 0 Å². The molecule has 2 aromatic heterocycles. The number of nitrogen functional groups attached to an aromatic ring is 1. The van der Waals surface area contributed by atoms with Gasteiger partial charge in [-0.1, -0.05) is 15.9 Å². The van der Waals surface area contributed by atoms with Crippen molar-refractivity contribution in [1.29, 1.82) is 0 Å². The molecule has 2 heterocycles. The van der Waals surface area contributed by atoms with Crippen molar-refractivity contribution in [2.75, 3.05) is 5.73 Å². The van der Waals surface area contributed by atoms with E-state index in [0.717, 1.165) is 32.3 Å². The number of nitrogens with two attached hydrogens (primary N) is 1. The normalized spacial score (nSPS) is 10.9. The summed E-state index contributed by atoms with van der Waals surface area (Å²) in [6.45, 7) is 0. The molecule has 4 heteroatoms. The Kier molecular flexibility index (Phi) is 2.37. The summed E-state index contributed by atoms with van der Waals surface area (Å²) in [5.41, 5.74) is 9.54. The Labute approximate surface area is 107 Å². The van der Waals surface area contributed by atoms with Crippen LogP contribution in [-0.2, 0) is 0 Å². The lowest BCUT2D eigenvalue weighted by Crippen LogP contribution is -1.87. The lowest BCUT2D eigenvalue weighted by atomic mass is 10.1. The van der Waals surface area contributed by atoms with E-state index < -0.39 is 0 Å². The molecule has 0 aliphatic heterocycles. The minimum absolute atomic E-state index is 0.722. The van der Waals surface area contributed by atoms with Gasteiger partial charge in [0.1, 0.15) is 0 Å². The molecule has 0 bridgehead atoms. The number of aromatic amines is 1. The Morgan fingerprint density at radius 3 is 2.88 bits per heavy atom. The van der Waals surface area contributed by atoms with Crippen LogP contribution in [0.2, 0.25) is 0 Å². The molecule has 0 amide bonds. The van der Waals surface area contributed by atoms with Gasteiger partial charge in [-0.15, -0.1) is 0 Å². The van der Waals surface area contributed by atoms with Crippen molar-refractivity contribution in [3.8, 4) is 11.3 Å². The Morgan fingerprint density at radius 1 is 1.18 bits per heavy atom. The van der Waals surface area contributed by atoms with E-state index in [1.165, 1.54) is 0 Å². The predicted octanol–water partition coefficient (Wildman–Crippen LogP) is 3.57. The molecule has 0 fully saturated rings. The molecule has 0 saturated heterocycles. The highest BCUT2D eigenvalue weighted by Crippen LogP contribution is 2.29. The van der Waals surface area contributed by atoms with Crippen molar-refractivity contribution in [3.05, 3.63) is 47.2 Å². The molecule has 3 rings (SSSR count). The molecule has 17 heavy (non-hydrogen) atoms. The summed E-state index contributed by atoms with van der Waals surface area (Å²) in [7, 11) is 0. The number of anilines is 1. The van der Waals surface area contributed by atoms with Crippen LogP contribution in [0.1, 0.15) is 0 Å². The van der Waals surface area contributed by atoms with Crippen LogP contribution in [-0.4, -0.2) is 9.97 Å². The molecule has 0 aliphatic carbocycles. The first-order valence-electron chi connectivity index (χ1n) is 5.22. The van der Waals surface area contributed by atoms with Gasteiger partial charge >= 0.3 is 0 Å². The Morgan fingerprint density at radius 2 is 2.06 bits per heavy atom. The lowest BCUT2D eigenvalue weighted by molar-refractivity contribution is 1.33. The maximum atomic E-state index is 5.78. The number of pyridine rings is 1. The SMILES string of the molecule is Nc1ccnc(-c2c[nH]c3ccc(Br)cc23)c1. The third kappa shape index (κ3) is 1.80. The van der Waals surface area contributed by atoms with Gasteiger partial charge in [-0.3, -0.25) is 4.98 Å². The van der Waals surface area contributed by atoms with Crippen molar-refractivity contribution in [1.82, 2.24) is 9.97 Å². The van der Waals surface area contributed by atoms with Gasteiger partial charge in [0, 0.05) is 39.0 Å². The highest BCUT2D eigenvalue weighted by atomic mass is 79.9. The van der Waals surface area contributed by atoms with Crippen molar-refractivity contribution in [3.63, 3.8) is 0 Å². The number of fused-ring (bicyclic) bond motifs is 1. The number of nitrogens with zero attached hydrogens (tertiary/aromatic N) is 1. The van der Waals surface area contributed by atoms with Crippen molar-refractivity contribution in [2.45, 2.75) is 0 Å². The van der Waals surface area contributed by atoms with Gasteiger partial charge in [-0.05, 0) is 30.3 Å². The number of benzene rings is 1. The fourth-order valence-electron chi connectivity index (χ4n) is 1.90. The minimum atomic E-state index is 0.722. The molecule has 0 saturated carbocycles. The van der Waals surface area contributed by atoms with Crippen LogP contribution >= 0.6 is 15.9 Å². The van der Waals surface area contributed by atoms with Gasteiger partial charge in [0.15, 0.2) is 0 Å². The van der Waals surface area contributed by atoms with E-state index in [0.29, 0.717) is 0 Å². The number of halogens is 1. The second-order valence-electron chi connectivity index (χ2n) is 3.87. The predicted molar refractivity (Wildman–Crippen MR) is 73.6 cm³/mol. The lowest BCUT2D eigenvalue weighted by Gasteiger charge is -2.00. The number of rotatable bonds is 1. The first-order chi connectivity index (χ1) is 8.24. The molecule has 0 spiro atoms. The maximum absolute atomic E-state index is 5.78. The van der Waals surface area contributed by atoms with Crippen LogP contribution in [0.25, 0.3) is 22.2 Å². The highest BCUT2D eigenvalue weighted by Gasteiger charge is 2.07. The molecule has 3 aromatic rings. The molecule has 3 nitrogen and oxygen atoms in total. The largest absolute Gasteiger partial charge is 0.399 e. The molecule has 1 aromatic carbocycles. The average Bonchev–Trinajstić information content (AvgIpc) is 2.71. The third-order valence-corrected chi connectivity index (χ3v) is 3.20. The number of nitrogens with one attached hydrogen (secondary N) is 1. The van der Waals surface area contributed by atoms with Crippen LogP contribution in [0.15, 0.2) is 47.2 Å². The minimum Gasteiger partial charge on any atom is -0.399 e. The zero-order valence-corrected chi connectivity index (χ0v) is 10.5. The fourth-order valence-corrected chi connectivity index (χ4v) is 2.26. The maximum Gasteiger partial charge on any atom is 0.0743 e. The van der Waals surface area contributed by atoms with E-state index in [1.54, 1.807) is 12.3 Å². The van der Waals surface area contributed by atoms with Gasteiger partial charge in [0.25, 0.3) is 0 Å². The second-order valence-corrected chi connectivity index (χ2v) is 4.78. The fraction of sp³-hybridized carbons (Fsp3) is 0. The molecule has 84 valence electrons. The van der Waals surface area contributed by atoms with Gasteiger partial charge < -0.3 is 10.7 Å².